The number of imidazole rings is 1. The van der Waals surface area contributed by atoms with Crippen molar-refractivity contribution in [1.82, 2.24) is 20.2 Å². The summed E-state index contributed by atoms with van der Waals surface area (Å²) in [4.78, 5) is 20.0. The molecule has 0 saturated carbocycles. The number of para-hydroxylation sites is 2. The molecule has 0 radical (unpaired) electrons. The topological polar surface area (TPSA) is 84.7 Å². The minimum atomic E-state index is -0.158. The Morgan fingerprint density at radius 3 is 2.16 bits per heavy atom. The zero-order valence-corrected chi connectivity index (χ0v) is 16.7. The van der Waals surface area contributed by atoms with E-state index in [0.717, 1.165) is 22.2 Å². The van der Waals surface area contributed by atoms with Crippen molar-refractivity contribution in [1.29, 1.82) is 0 Å². The molecule has 2 heterocycles. The van der Waals surface area contributed by atoms with Gasteiger partial charge in [-0.05, 0) is 23.3 Å². The number of H-pyrrole nitrogens is 1. The van der Waals surface area contributed by atoms with Crippen LogP contribution in [0.2, 0.25) is 0 Å². The van der Waals surface area contributed by atoms with Crippen LogP contribution in [-0.4, -0.2) is 25.9 Å². The van der Waals surface area contributed by atoms with Crippen molar-refractivity contribution in [3.8, 4) is 0 Å². The zero-order chi connectivity index (χ0) is 21.0. The van der Waals surface area contributed by atoms with Crippen molar-refractivity contribution in [2.45, 2.75) is 18.8 Å². The summed E-state index contributed by atoms with van der Waals surface area (Å²) in [5, 5.41) is 8.50. The first kappa shape index (κ1) is 18.9. The van der Waals surface area contributed by atoms with E-state index in [2.05, 4.69) is 20.2 Å². The number of aromatic nitrogens is 4. The Labute approximate surface area is 179 Å². The van der Waals surface area contributed by atoms with Crippen LogP contribution in [0.4, 0.5) is 0 Å². The van der Waals surface area contributed by atoms with E-state index in [1.165, 1.54) is 0 Å². The number of nitrogens with one attached hydrogen (secondary N) is 1. The largest absolute Gasteiger partial charge is 0.424 e. The lowest BCUT2D eigenvalue weighted by atomic mass is 9.91. The Bertz CT molecular complexity index is 1240. The standard InChI is InChI=1S/C25H20N4O2/c30-21(24-26-19-13-7-8-14-20(19)27-24)15-16-22-28-29-25(31-22)23(17-9-3-1-4-10-17)18-11-5-2-6-12-18/h1-14,23H,15-16H2,(H,26,27). The summed E-state index contributed by atoms with van der Waals surface area (Å²) in [7, 11) is 0. The van der Waals surface area contributed by atoms with Gasteiger partial charge in [-0.3, -0.25) is 4.79 Å². The molecule has 0 aliphatic heterocycles. The number of rotatable bonds is 7. The smallest absolute Gasteiger partial charge is 0.228 e. The Morgan fingerprint density at radius 1 is 0.839 bits per heavy atom. The van der Waals surface area contributed by atoms with Gasteiger partial charge in [-0.1, -0.05) is 72.8 Å². The molecule has 0 fully saturated rings. The van der Waals surface area contributed by atoms with Crippen LogP contribution in [0.15, 0.2) is 89.3 Å². The first-order valence-corrected chi connectivity index (χ1v) is 10.2. The fourth-order valence-electron chi connectivity index (χ4n) is 3.68. The molecule has 2 aromatic heterocycles. The molecule has 3 aromatic carbocycles. The first-order chi connectivity index (χ1) is 15.3. The highest BCUT2D eigenvalue weighted by Crippen LogP contribution is 2.31. The second-order valence-electron chi connectivity index (χ2n) is 7.31. The fourth-order valence-corrected chi connectivity index (χ4v) is 3.68. The van der Waals surface area contributed by atoms with E-state index < -0.39 is 0 Å². The van der Waals surface area contributed by atoms with Gasteiger partial charge in [0.05, 0.1) is 17.0 Å². The van der Waals surface area contributed by atoms with Crippen molar-refractivity contribution in [2.24, 2.45) is 0 Å². The molecule has 0 saturated heterocycles. The molecule has 0 aliphatic rings. The van der Waals surface area contributed by atoms with Gasteiger partial charge in [-0.15, -0.1) is 10.2 Å². The Kier molecular flexibility index (Phi) is 5.10. The van der Waals surface area contributed by atoms with Gasteiger partial charge in [-0.25, -0.2) is 4.98 Å². The average molecular weight is 408 g/mol. The van der Waals surface area contributed by atoms with Crippen molar-refractivity contribution in [3.63, 3.8) is 0 Å². The normalized spacial score (nSPS) is 11.3. The Hall–Kier alpha value is -4.06. The number of benzene rings is 3. The summed E-state index contributed by atoms with van der Waals surface area (Å²) in [5.74, 6) is 1.07. The molecule has 0 unspecified atom stereocenters. The highest BCUT2D eigenvalue weighted by molar-refractivity contribution is 5.95. The second-order valence-corrected chi connectivity index (χ2v) is 7.31. The van der Waals surface area contributed by atoms with Gasteiger partial charge in [0.25, 0.3) is 0 Å². The molecule has 5 aromatic rings. The number of nitrogens with zero attached hydrogens (tertiary/aromatic N) is 3. The molecule has 0 aliphatic carbocycles. The lowest BCUT2D eigenvalue weighted by Gasteiger charge is -2.13. The second kappa shape index (κ2) is 8.36. The van der Waals surface area contributed by atoms with E-state index in [-0.39, 0.29) is 18.1 Å². The monoisotopic (exact) mass is 408 g/mol. The molecule has 6 nitrogen and oxygen atoms in total. The maximum atomic E-state index is 12.6. The summed E-state index contributed by atoms with van der Waals surface area (Å²) in [6.45, 7) is 0. The van der Waals surface area contributed by atoms with Crippen LogP contribution in [0.5, 0.6) is 0 Å². The van der Waals surface area contributed by atoms with E-state index in [0.29, 0.717) is 24.0 Å². The maximum Gasteiger partial charge on any atom is 0.228 e. The average Bonchev–Trinajstić information content (AvgIpc) is 3.46. The predicted octanol–water partition coefficient (Wildman–Crippen LogP) is 4.94. The van der Waals surface area contributed by atoms with E-state index >= 15 is 0 Å². The molecule has 6 heteroatoms. The first-order valence-electron chi connectivity index (χ1n) is 10.2. The SMILES string of the molecule is O=C(CCc1nnc(C(c2ccccc2)c2ccccc2)o1)c1nc2ccccc2[nH]1. The predicted molar refractivity (Wildman–Crippen MR) is 117 cm³/mol. The van der Waals surface area contributed by atoms with Gasteiger partial charge < -0.3 is 9.40 Å². The number of hydrogen-bond donors (Lipinski definition) is 1. The number of aryl methyl sites for hydroxylation is 1. The molecule has 5 rings (SSSR count). The highest BCUT2D eigenvalue weighted by atomic mass is 16.4. The van der Waals surface area contributed by atoms with Crippen molar-refractivity contribution >= 4 is 16.8 Å². The fraction of sp³-hybridized carbons (Fsp3) is 0.120. The maximum absolute atomic E-state index is 12.6. The molecule has 0 bridgehead atoms. The summed E-state index contributed by atoms with van der Waals surface area (Å²) in [6, 6.07) is 27.7. The Balaban J connectivity index is 1.35. The molecule has 0 spiro atoms. The van der Waals surface area contributed by atoms with Crippen molar-refractivity contribution < 1.29 is 9.21 Å². The third-order valence-electron chi connectivity index (χ3n) is 5.21. The summed E-state index contributed by atoms with van der Waals surface area (Å²) < 4.78 is 5.99. The third-order valence-corrected chi connectivity index (χ3v) is 5.21. The van der Waals surface area contributed by atoms with Gasteiger partial charge in [0.2, 0.25) is 11.8 Å². The van der Waals surface area contributed by atoms with Crippen LogP contribution < -0.4 is 0 Å². The number of Topliss-reactive ketones (excluding diaryl/α,β-unsaturated/α-hetero) is 1. The van der Waals surface area contributed by atoms with Gasteiger partial charge in [0.1, 0.15) is 0 Å². The van der Waals surface area contributed by atoms with Gasteiger partial charge in [-0.2, -0.15) is 0 Å². The number of aromatic amines is 1. The molecule has 31 heavy (non-hydrogen) atoms. The number of hydrogen-bond acceptors (Lipinski definition) is 5. The van der Waals surface area contributed by atoms with Crippen LogP contribution in [0.25, 0.3) is 11.0 Å². The minimum Gasteiger partial charge on any atom is -0.424 e. The summed E-state index contributed by atoms with van der Waals surface area (Å²) in [5.41, 5.74) is 3.77. The number of ketones is 1. The van der Waals surface area contributed by atoms with Gasteiger partial charge in [0.15, 0.2) is 11.6 Å². The number of carbonyl (C=O) groups is 1. The van der Waals surface area contributed by atoms with Gasteiger partial charge >= 0.3 is 0 Å². The molecular weight excluding hydrogens is 388 g/mol. The van der Waals surface area contributed by atoms with Crippen LogP contribution >= 0.6 is 0 Å². The number of fused-ring (bicyclic) bond motifs is 1. The molecular formula is C25H20N4O2. The van der Waals surface area contributed by atoms with Gasteiger partial charge in [0, 0.05) is 12.8 Å². The Morgan fingerprint density at radius 2 is 1.48 bits per heavy atom. The molecule has 1 N–H and O–H groups in total. The summed E-state index contributed by atoms with van der Waals surface area (Å²) in [6.07, 6.45) is 0.599. The highest BCUT2D eigenvalue weighted by Gasteiger charge is 2.23. The quantitative estimate of drug-likeness (QED) is 0.386. The van der Waals surface area contributed by atoms with Crippen molar-refractivity contribution in [3.05, 3.63) is 114 Å². The van der Waals surface area contributed by atoms with Crippen LogP contribution in [0.1, 0.15) is 45.9 Å². The van der Waals surface area contributed by atoms with E-state index in [1.54, 1.807) is 0 Å². The van der Waals surface area contributed by atoms with Crippen LogP contribution in [0.3, 0.4) is 0 Å². The molecule has 0 atom stereocenters. The van der Waals surface area contributed by atoms with Crippen LogP contribution in [0, 0.1) is 0 Å². The third kappa shape index (κ3) is 4.00. The van der Waals surface area contributed by atoms with Crippen molar-refractivity contribution in [2.75, 3.05) is 0 Å². The lowest BCUT2D eigenvalue weighted by Crippen LogP contribution is -2.04. The number of carbonyl (C=O) groups excluding carboxylic acids is 1. The molecule has 0 amide bonds. The zero-order valence-electron chi connectivity index (χ0n) is 16.7. The van der Waals surface area contributed by atoms with E-state index in [4.69, 9.17) is 4.42 Å². The van der Waals surface area contributed by atoms with E-state index in [9.17, 15) is 4.79 Å². The molecule has 152 valence electrons. The minimum absolute atomic E-state index is 0.0846. The summed E-state index contributed by atoms with van der Waals surface area (Å²) >= 11 is 0. The lowest BCUT2D eigenvalue weighted by molar-refractivity contribution is 0.0971. The van der Waals surface area contributed by atoms with E-state index in [1.807, 2.05) is 84.9 Å². The van der Waals surface area contributed by atoms with Crippen LogP contribution in [-0.2, 0) is 6.42 Å².